The molecule has 1 unspecified atom stereocenters. The van der Waals surface area contributed by atoms with Crippen LogP contribution in [0.25, 0.3) is 0 Å². The number of rotatable bonds is 6. The summed E-state index contributed by atoms with van der Waals surface area (Å²) in [6, 6.07) is 6.05. The number of esters is 1. The Labute approximate surface area is 108 Å². The fourth-order valence-electron chi connectivity index (χ4n) is 1.70. The van der Waals surface area contributed by atoms with Crippen molar-refractivity contribution in [1.82, 2.24) is 0 Å². The number of carbonyl (C=O) groups excluding carboxylic acids is 1. The standard InChI is InChI=1S/C14H21NO3/c1-10-4-5-13(12(8-10)9-11(2)15)18-7-6-14(16)17-3/h4-5,8,11H,6-7,9,15H2,1-3H3. The van der Waals surface area contributed by atoms with Crippen molar-refractivity contribution in [3.8, 4) is 5.75 Å². The highest BCUT2D eigenvalue weighted by Gasteiger charge is 2.08. The van der Waals surface area contributed by atoms with Gasteiger partial charge in [0.2, 0.25) is 0 Å². The summed E-state index contributed by atoms with van der Waals surface area (Å²) in [5, 5.41) is 0. The maximum atomic E-state index is 11.0. The molecule has 2 N–H and O–H groups in total. The van der Waals surface area contributed by atoms with Crippen molar-refractivity contribution < 1.29 is 14.3 Å². The summed E-state index contributed by atoms with van der Waals surface area (Å²) in [4.78, 5) is 11.0. The van der Waals surface area contributed by atoms with Crippen molar-refractivity contribution in [2.24, 2.45) is 5.73 Å². The molecule has 0 spiro atoms. The van der Waals surface area contributed by atoms with E-state index in [0.29, 0.717) is 6.61 Å². The molecule has 0 bridgehead atoms. The largest absolute Gasteiger partial charge is 0.493 e. The third-order valence-electron chi connectivity index (χ3n) is 2.55. The van der Waals surface area contributed by atoms with Gasteiger partial charge in [0, 0.05) is 6.04 Å². The van der Waals surface area contributed by atoms with Gasteiger partial charge in [-0.1, -0.05) is 17.7 Å². The number of nitrogens with two attached hydrogens (primary N) is 1. The van der Waals surface area contributed by atoms with Gasteiger partial charge in [-0.25, -0.2) is 0 Å². The summed E-state index contributed by atoms with van der Waals surface area (Å²) in [5.74, 6) is 0.526. The highest BCUT2D eigenvalue weighted by atomic mass is 16.5. The van der Waals surface area contributed by atoms with Crippen molar-refractivity contribution in [3.63, 3.8) is 0 Å². The second kappa shape index (κ2) is 7.01. The predicted octanol–water partition coefficient (Wildman–Crippen LogP) is 1.83. The smallest absolute Gasteiger partial charge is 0.308 e. The Bertz CT molecular complexity index is 402. The Balaban J connectivity index is 2.66. The molecule has 0 aromatic heterocycles. The second-order valence-corrected chi connectivity index (χ2v) is 4.47. The zero-order valence-electron chi connectivity index (χ0n) is 11.2. The molecule has 4 heteroatoms. The highest BCUT2D eigenvalue weighted by molar-refractivity contribution is 5.69. The molecule has 1 rings (SSSR count). The van der Waals surface area contributed by atoms with E-state index >= 15 is 0 Å². The van der Waals surface area contributed by atoms with E-state index in [1.807, 2.05) is 26.0 Å². The van der Waals surface area contributed by atoms with Crippen molar-refractivity contribution in [2.75, 3.05) is 13.7 Å². The number of hydrogen-bond acceptors (Lipinski definition) is 4. The SMILES string of the molecule is COC(=O)CCOc1ccc(C)cc1CC(C)N. The van der Waals surface area contributed by atoms with Crippen LogP contribution in [0.5, 0.6) is 5.75 Å². The molecule has 0 saturated heterocycles. The van der Waals surface area contributed by atoms with E-state index in [0.717, 1.165) is 17.7 Å². The minimum absolute atomic E-state index is 0.0785. The lowest BCUT2D eigenvalue weighted by Gasteiger charge is -2.13. The number of aryl methyl sites for hydroxylation is 1. The summed E-state index contributed by atoms with van der Waals surface area (Å²) in [7, 11) is 1.37. The molecule has 100 valence electrons. The normalized spacial score (nSPS) is 12.0. The molecule has 1 aromatic carbocycles. The van der Waals surface area contributed by atoms with Gasteiger partial charge in [-0.05, 0) is 31.9 Å². The van der Waals surface area contributed by atoms with Crippen LogP contribution in [0.1, 0.15) is 24.5 Å². The Morgan fingerprint density at radius 2 is 2.17 bits per heavy atom. The average molecular weight is 251 g/mol. The van der Waals surface area contributed by atoms with E-state index in [-0.39, 0.29) is 18.4 Å². The third kappa shape index (κ3) is 4.75. The molecular formula is C14H21NO3. The van der Waals surface area contributed by atoms with Crippen LogP contribution in [-0.4, -0.2) is 25.7 Å². The van der Waals surface area contributed by atoms with Gasteiger partial charge in [-0.3, -0.25) is 4.79 Å². The molecule has 1 aromatic rings. The molecule has 18 heavy (non-hydrogen) atoms. The minimum atomic E-state index is -0.268. The van der Waals surface area contributed by atoms with Gasteiger partial charge in [-0.15, -0.1) is 0 Å². The first-order valence-electron chi connectivity index (χ1n) is 6.07. The molecule has 4 nitrogen and oxygen atoms in total. The second-order valence-electron chi connectivity index (χ2n) is 4.47. The zero-order chi connectivity index (χ0) is 13.5. The van der Waals surface area contributed by atoms with Crippen LogP contribution in [-0.2, 0) is 16.0 Å². The Kier molecular flexibility index (Phi) is 5.65. The Hall–Kier alpha value is -1.55. The Morgan fingerprint density at radius 3 is 2.78 bits per heavy atom. The van der Waals surface area contributed by atoms with Crippen LogP contribution in [0.2, 0.25) is 0 Å². The quantitative estimate of drug-likeness (QED) is 0.783. The predicted molar refractivity (Wildman–Crippen MR) is 70.7 cm³/mol. The Morgan fingerprint density at radius 1 is 1.44 bits per heavy atom. The molecule has 0 saturated carbocycles. The summed E-state index contributed by atoms with van der Waals surface area (Å²) in [5.41, 5.74) is 8.06. The van der Waals surface area contributed by atoms with Gasteiger partial charge < -0.3 is 15.2 Å². The molecule has 0 aliphatic carbocycles. The maximum absolute atomic E-state index is 11.0. The molecule has 0 amide bonds. The van der Waals surface area contributed by atoms with Gasteiger partial charge in [0.1, 0.15) is 5.75 Å². The fourth-order valence-corrected chi connectivity index (χ4v) is 1.70. The van der Waals surface area contributed by atoms with E-state index in [1.165, 1.54) is 12.7 Å². The average Bonchev–Trinajstić information content (AvgIpc) is 2.31. The molecule has 0 aliphatic rings. The van der Waals surface area contributed by atoms with Crippen LogP contribution in [0.15, 0.2) is 18.2 Å². The number of methoxy groups -OCH3 is 1. The lowest BCUT2D eigenvalue weighted by molar-refractivity contribution is -0.141. The molecule has 0 fully saturated rings. The van der Waals surface area contributed by atoms with Crippen molar-refractivity contribution in [2.45, 2.75) is 32.7 Å². The lowest BCUT2D eigenvalue weighted by Crippen LogP contribution is -2.18. The van der Waals surface area contributed by atoms with E-state index in [9.17, 15) is 4.79 Å². The maximum Gasteiger partial charge on any atom is 0.308 e. The number of ether oxygens (including phenoxy) is 2. The van der Waals surface area contributed by atoms with Crippen molar-refractivity contribution >= 4 is 5.97 Å². The van der Waals surface area contributed by atoms with Gasteiger partial charge in [0.05, 0.1) is 20.1 Å². The number of carbonyl (C=O) groups is 1. The summed E-state index contributed by atoms with van der Waals surface area (Å²) < 4.78 is 10.2. The van der Waals surface area contributed by atoms with E-state index in [4.69, 9.17) is 10.5 Å². The van der Waals surface area contributed by atoms with Crippen LogP contribution in [0.4, 0.5) is 0 Å². The number of hydrogen-bond donors (Lipinski definition) is 1. The van der Waals surface area contributed by atoms with Gasteiger partial charge in [0.15, 0.2) is 0 Å². The first kappa shape index (κ1) is 14.5. The van der Waals surface area contributed by atoms with Crippen LogP contribution in [0, 0.1) is 6.92 Å². The summed E-state index contributed by atoms with van der Waals surface area (Å²) in [6.07, 6.45) is 1.01. The lowest BCUT2D eigenvalue weighted by atomic mass is 10.0. The number of benzene rings is 1. The molecule has 0 heterocycles. The van der Waals surface area contributed by atoms with Crippen molar-refractivity contribution in [3.05, 3.63) is 29.3 Å². The molecule has 0 aliphatic heterocycles. The topological polar surface area (TPSA) is 61.5 Å². The van der Waals surface area contributed by atoms with Gasteiger partial charge in [0.25, 0.3) is 0 Å². The monoisotopic (exact) mass is 251 g/mol. The fraction of sp³-hybridized carbons (Fsp3) is 0.500. The van der Waals surface area contributed by atoms with Crippen LogP contribution in [0.3, 0.4) is 0 Å². The van der Waals surface area contributed by atoms with Crippen molar-refractivity contribution in [1.29, 1.82) is 0 Å². The zero-order valence-corrected chi connectivity index (χ0v) is 11.2. The van der Waals surface area contributed by atoms with Gasteiger partial charge >= 0.3 is 5.97 Å². The van der Waals surface area contributed by atoms with Crippen LogP contribution >= 0.6 is 0 Å². The third-order valence-corrected chi connectivity index (χ3v) is 2.55. The van der Waals surface area contributed by atoms with Crippen LogP contribution < -0.4 is 10.5 Å². The van der Waals surface area contributed by atoms with E-state index < -0.39 is 0 Å². The van der Waals surface area contributed by atoms with Gasteiger partial charge in [-0.2, -0.15) is 0 Å². The minimum Gasteiger partial charge on any atom is -0.493 e. The van der Waals surface area contributed by atoms with E-state index in [2.05, 4.69) is 10.8 Å². The van der Waals surface area contributed by atoms with E-state index in [1.54, 1.807) is 0 Å². The summed E-state index contributed by atoms with van der Waals surface area (Å²) >= 11 is 0. The first-order valence-corrected chi connectivity index (χ1v) is 6.07. The first-order chi connectivity index (χ1) is 8.52. The highest BCUT2D eigenvalue weighted by Crippen LogP contribution is 2.21. The summed E-state index contributed by atoms with van der Waals surface area (Å²) in [6.45, 7) is 4.31. The molecule has 1 atom stereocenters. The molecular weight excluding hydrogens is 230 g/mol. The molecule has 0 radical (unpaired) electrons.